The minimum absolute atomic E-state index is 0.0449. The van der Waals surface area contributed by atoms with Crippen molar-refractivity contribution in [2.75, 3.05) is 20.3 Å². The Balaban J connectivity index is 1.63. The number of carbonyl (C=O) groups excluding carboxylic acids is 1. The topological polar surface area (TPSA) is 49.8 Å². The van der Waals surface area contributed by atoms with Crippen molar-refractivity contribution >= 4 is 5.91 Å². The average Bonchev–Trinajstić information content (AvgIpc) is 3.02. The normalized spacial score (nSPS) is 24.2. The fraction of sp³-hybridized carbons (Fsp3) is 0.611. The highest BCUT2D eigenvalue weighted by atomic mass is 16.5. The highest BCUT2D eigenvalue weighted by Gasteiger charge is 2.30. The molecule has 4 heteroatoms. The first kappa shape index (κ1) is 15.3. The molecule has 2 atom stereocenters. The molecule has 3 rings (SSSR count). The highest BCUT2D eigenvalue weighted by Crippen LogP contribution is 2.31. The van der Waals surface area contributed by atoms with E-state index in [4.69, 9.17) is 4.74 Å². The molecule has 1 unspecified atom stereocenters. The van der Waals surface area contributed by atoms with Crippen LogP contribution in [0.25, 0.3) is 0 Å². The fourth-order valence-electron chi connectivity index (χ4n) is 3.83. The molecule has 0 spiro atoms. The van der Waals surface area contributed by atoms with E-state index in [1.54, 1.807) is 7.11 Å². The molecule has 120 valence electrons. The van der Waals surface area contributed by atoms with Crippen molar-refractivity contribution in [1.29, 1.82) is 0 Å². The van der Waals surface area contributed by atoms with E-state index >= 15 is 0 Å². The van der Waals surface area contributed by atoms with Crippen LogP contribution < -0.4 is 4.74 Å². The second-order valence-electron chi connectivity index (χ2n) is 6.51. The summed E-state index contributed by atoms with van der Waals surface area (Å²) < 4.78 is 5.30. The van der Waals surface area contributed by atoms with Crippen molar-refractivity contribution in [2.24, 2.45) is 5.92 Å². The van der Waals surface area contributed by atoms with Gasteiger partial charge in [-0.05, 0) is 61.3 Å². The molecule has 1 amide bonds. The van der Waals surface area contributed by atoms with Crippen LogP contribution in [0.15, 0.2) is 18.2 Å². The molecular weight excluding hydrogens is 278 g/mol. The number of methoxy groups -OCH3 is 1. The lowest BCUT2D eigenvalue weighted by Gasteiger charge is -2.28. The zero-order chi connectivity index (χ0) is 15.5. The van der Waals surface area contributed by atoms with Crippen LogP contribution in [0.2, 0.25) is 0 Å². The smallest absolute Gasteiger partial charge is 0.223 e. The zero-order valence-electron chi connectivity index (χ0n) is 13.3. The van der Waals surface area contributed by atoms with Crippen molar-refractivity contribution in [3.63, 3.8) is 0 Å². The van der Waals surface area contributed by atoms with Crippen LogP contribution in [0.5, 0.6) is 5.75 Å². The van der Waals surface area contributed by atoms with Gasteiger partial charge in [-0.3, -0.25) is 4.79 Å². The minimum atomic E-state index is 0.0449. The van der Waals surface area contributed by atoms with Gasteiger partial charge in [0.2, 0.25) is 5.91 Å². The van der Waals surface area contributed by atoms with E-state index < -0.39 is 0 Å². The molecule has 0 saturated carbocycles. The second kappa shape index (κ2) is 6.69. The number of amides is 1. The van der Waals surface area contributed by atoms with Gasteiger partial charge in [0.05, 0.1) is 19.8 Å². The maximum Gasteiger partial charge on any atom is 0.223 e. The van der Waals surface area contributed by atoms with Gasteiger partial charge in [-0.25, -0.2) is 0 Å². The predicted molar refractivity (Wildman–Crippen MR) is 84.9 cm³/mol. The van der Waals surface area contributed by atoms with E-state index in [0.29, 0.717) is 12.3 Å². The molecule has 1 saturated heterocycles. The molecule has 0 radical (unpaired) electrons. The summed E-state index contributed by atoms with van der Waals surface area (Å²) in [6.07, 6.45) is 5.63. The van der Waals surface area contributed by atoms with Gasteiger partial charge in [-0.15, -0.1) is 0 Å². The van der Waals surface area contributed by atoms with Gasteiger partial charge in [-0.2, -0.15) is 0 Å². The van der Waals surface area contributed by atoms with Crippen LogP contribution in [0, 0.1) is 5.92 Å². The molecule has 1 aromatic carbocycles. The Kier molecular flexibility index (Phi) is 4.67. The quantitative estimate of drug-likeness (QED) is 0.927. The van der Waals surface area contributed by atoms with Gasteiger partial charge < -0.3 is 14.7 Å². The van der Waals surface area contributed by atoms with E-state index in [1.807, 2.05) is 11.0 Å². The Bertz CT molecular complexity index is 543. The third-order valence-corrected chi connectivity index (χ3v) is 5.12. The largest absolute Gasteiger partial charge is 0.497 e. The maximum absolute atomic E-state index is 12.5. The molecule has 2 aliphatic rings. The molecule has 1 N–H and O–H groups in total. The van der Waals surface area contributed by atoms with E-state index in [-0.39, 0.29) is 18.6 Å². The van der Waals surface area contributed by atoms with Crippen molar-refractivity contribution in [3.05, 3.63) is 29.3 Å². The van der Waals surface area contributed by atoms with Crippen LogP contribution in [-0.4, -0.2) is 42.2 Å². The number of carbonyl (C=O) groups is 1. The Labute approximate surface area is 132 Å². The molecule has 1 fully saturated rings. The monoisotopic (exact) mass is 303 g/mol. The zero-order valence-corrected chi connectivity index (χ0v) is 13.3. The molecule has 1 heterocycles. The standard InChI is InChI=1S/C18H25NO3/c1-22-17-7-6-14-5-4-13(9-15(14)11-17)10-18(21)19-8-2-3-16(19)12-20/h6-7,11,13,16,20H,2-5,8-10,12H2,1H3/t13?,16-/m0/s1. The van der Waals surface area contributed by atoms with Gasteiger partial charge in [-0.1, -0.05) is 6.07 Å². The Morgan fingerprint density at radius 2 is 2.23 bits per heavy atom. The average molecular weight is 303 g/mol. The summed E-state index contributed by atoms with van der Waals surface area (Å²) in [5, 5.41) is 9.37. The molecule has 4 nitrogen and oxygen atoms in total. The molecular formula is C18H25NO3. The number of fused-ring (bicyclic) bond motifs is 1. The molecule has 0 bridgehead atoms. The number of nitrogens with zero attached hydrogens (tertiary/aromatic N) is 1. The number of aryl methyl sites for hydroxylation is 1. The number of hydrogen-bond acceptors (Lipinski definition) is 3. The van der Waals surface area contributed by atoms with E-state index in [2.05, 4.69) is 12.1 Å². The lowest BCUT2D eigenvalue weighted by atomic mass is 9.82. The Morgan fingerprint density at radius 3 is 3.00 bits per heavy atom. The summed E-state index contributed by atoms with van der Waals surface area (Å²) in [6, 6.07) is 6.32. The van der Waals surface area contributed by atoms with Crippen LogP contribution in [0.1, 0.15) is 36.8 Å². The highest BCUT2D eigenvalue weighted by molar-refractivity contribution is 5.77. The van der Waals surface area contributed by atoms with Crippen LogP contribution in [0.4, 0.5) is 0 Å². The van der Waals surface area contributed by atoms with Crippen molar-refractivity contribution in [3.8, 4) is 5.75 Å². The third kappa shape index (κ3) is 3.12. The summed E-state index contributed by atoms with van der Waals surface area (Å²) >= 11 is 0. The number of rotatable bonds is 4. The first-order valence-corrected chi connectivity index (χ1v) is 8.27. The summed E-state index contributed by atoms with van der Waals surface area (Å²) in [5.74, 6) is 1.52. The minimum Gasteiger partial charge on any atom is -0.497 e. The lowest BCUT2D eigenvalue weighted by Crippen LogP contribution is -2.38. The number of aliphatic hydroxyl groups excluding tert-OH is 1. The van der Waals surface area contributed by atoms with Gasteiger partial charge >= 0.3 is 0 Å². The van der Waals surface area contributed by atoms with Gasteiger partial charge in [0, 0.05) is 13.0 Å². The number of likely N-dealkylation sites (tertiary alicyclic amines) is 1. The summed E-state index contributed by atoms with van der Waals surface area (Å²) in [4.78, 5) is 14.4. The molecule has 1 aliphatic carbocycles. The number of hydrogen-bond donors (Lipinski definition) is 1. The van der Waals surface area contributed by atoms with Gasteiger partial charge in [0.15, 0.2) is 0 Å². The van der Waals surface area contributed by atoms with Crippen molar-refractivity contribution in [1.82, 2.24) is 4.90 Å². The van der Waals surface area contributed by atoms with Crippen molar-refractivity contribution < 1.29 is 14.6 Å². The van der Waals surface area contributed by atoms with Crippen LogP contribution >= 0.6 is 0 Å². The Morgan fingerprint density at radius 1 is 1.36 bits per heavy atom. The molecule has 1 aromatic rings. The predicted octanol–water partition coefficient (Wildman–Crippen LogP) is 2.17. The number of aliphatic hydroxyl groups is 1. The molecule has 1 aliphatic heterocycles. The summed E-state index contributed by atoms with van der Waals surface area (Å²) in [6.45, 7) is 0.900. The summed E-state index contributed by atoms with van der Waals surface area (Å²) in [5.41, 5.74) is 2.71. The van der Waals surface area contributed by atoms with Crippen LogP contribution in [-0.2, 0) is 17.6 Å². The molecule has 0 aromatic heterocycles. The van der Waals surface area contributed by atoms with Gasteiger partial charge in [0.1, 0.15) is 5.75 Å². The van der Waals surface area contributed by atoms with E-state index in [9.17, 15) is 9.90 Å². The van der Waals surface area contributed by atoms with Crippen molar-refractivity contribution in [2.45, 2.75) is 44.6 Å². The number of ether oxygens (including phenoxy) is 1. The Hall–Kier alpha value is -1.55. The summed E-state index contributed by atoms with van der Waals surface area (Å²) in [7, 11) is 1.69. The van der Waals surface area contributed by atoms with E-state index in [1.165, 1.54) is 11.1 Å². The second-order valence-corrected chi connectivity index (χ2v) is 6.51. The van der Waals surface area contributed by atoms with E-state index in [0.717, 1.165) is 44.4 Å². The maximum atomic E-state index is 12.5. The number of benzene rings is 1. The molecule has 22 heavy (non-hydrogen) atoms. The van der Waals surface area contributed by atoms with Gasteiger partial charge in [0.25, 0.3) is 0 Å². The first-order valence-electron chi connectivity index (χ1n) is 8.27. The SMILES string of the molecule is COc1ccc2c(c1)CC(CC(=O)N1CCC[C@H]1CO)CC2. The first-order chi connectivity index (χ1) is 10.7. The fourth-order valence-corrected chi connectivity index (χ4v) is 3.83. The lowest BCUT2D eigenvalue weighted by molar-refractivity contribution is -0.133. The third-order valence-electron chi connectivity index (χ3n) is 5.12. The van der Waals surface area contributed by atoms with Crippen LogP contribution in [0.3, 0.4) is 0 Å².